The quantitative estimate of drug-likeness (QED) is 0.926. The lowest BCUT2D eigenvalue weighted by atomic mass is 9.98. The highest BCUT2D eigenvalue weighted by Gasteiger charge is 2.27. The van der Waals surface area contributed by atoms with E-state index in [1.165, 1.54) is 11.1 Å². The van der Waals surface area contributed by atoms with Crippen molar-refractivity contribution >= 4 is 6.09 Å². The number of pyridine rings is 1. The Morgan fingerprint density at radius 3 is 2.96 bits per heavy atom. The molecule has 5 heteroatoms. The second kappa shape index (κ2) is 7.77. The van der Waals surface area contributed by atoms with Crippen LogP contribution in [0.15, 0.2) is 18.5 Å². The van der Waals surface area contributed by atoms with E-state index < -0.39 is 5.60 Å². The van der Waals surface area contributed by atoms with Crippen LogP contribution in [0.4, 0.5) is 4.79 Å². The largest absolute Gasteiger partial charge is 0.444 e. The fourth-order valence-corrected chi connectivity index (χ4v) is 2.82. The number of carbonyl (C=O) groups excluding carboxylic acids is 1. The molecule has 23 heavy (non-hydrogen) atoms. The number of nitrogens with zero attached hydrogens (tertiary/aromatic N) is 2. The van der Waals surface area contributed by atoms with E-state index in [9.17, 15) is 4.79 Å². The monoisotopic (exact) mass is 319 g/mol. The fraction of sp³-hybridized carbons (Fsp3) is 0.667. The van der Waals surface area contributed by atoms with Crippen molar-refractivity contribution in [2.24, 2.45) is 5.92 Å². The maximum absolute atomic E-state index is 12.2. The van der Waals surface area contributed by atoms with Crippen LogP contribution in [0.5, 0.6) is 0 Å². The smallest absolute Gasteiger partial charge is 0.410 e. The predicted octanol–water partition coefficient (Wildman–Crippen LogP) is 3.13. The van der Waals surface area contributed by atoms with Crippen LogP contribution >= 0.6 is 0 Å². The molecule has 0 bridgehead atoms. The van der Waals surface area contributed by atoms with Crippen molar-refractivity contribution in [3.8, 4) is 0 Å². The normalized spacial score (nSPS) is 18.8. The van der Waals surface area contributed by atoms with Crippen LogP contribution in [0.1, 0.15) is 44.7 Å². The fourth-order valence-electron chi connectivity index (χ4n) is 2.82. The maximum Gasteiger partial charge on any atom is 0.410 e. The van der Waals surface area contributed by atoms with Crippen molar-refractivity contribution in [1.82, 2.24) is 15.2 Å². The lowest BCUT2D eigenvalue weighted by molar-refractivity contribution is 0.0166. The van der Waals surface area contributed by atoms with E-state index in [4.69, 9.17) is 4.74 Å². The second-order valence-corrected chi connectivity index (χ2v) is 7.37. The Balaban J connectivity index is 1.78. The number of ether oxygens (including phenoxy) is 1. The molecule has 0 aromatic carbocycles. The van der Waals surface area contributed by atoms with Crippen LogP contribution in [0.25, 0.3) is 0 Å². The van der Waals surface area contributed by atoms with Gasteiger partial charge < -0.3 is 15.0 Å². The third kappa shape index (κ3) is 5.82. The zero-order valence-electron chi connectivity index (χ0n) is 14.8. The van der Waals surface area contributed by atoms with Gasteiger partial charge in [0.2, 0.25) is 0 Å². The van der Waals surface area contributed by atoms with Crippen LogP contribution in [0.3, 0.4) is 0 Å². The lowest BCUT2D eigenvalue weighted by Gasteiger charge is -2.34. The molecule has 1 fully saturated rings. The zero-order chi connectivity index (χ0) is 16.9. The maximum atomic E-state index is 12.2. The molecule has 5 nitrogen and oxygen atoms in total. The molecule has 1 saturated heterocycles. The standard InChI is InChI=1S/C18H29N3O2/c1-14-7-8-19-11-16(14)12-20-10-15-6-5-9-21(13-15)17(22)23-18(2,3)4/h7-8,11,15,20H,5-6,9-10,12-13H2,1-4H3. The first-order valence-corrected chi connectivity index (χ1v) is 8.43. The van der Waals surface area contributed by atoms with E-state index >= 15 is 0 Å². The molecule has 1 aliphatic rings. The third-order valence-electron chi connectivity index (χ3n) is 4.07. The highest BCUT2D eigenvalue weighted by atomic mass is 16.6. The van der Waals surface area contributed by atoms with Gasteiger partial charge in [-0.15, -0.1) is 0 Å². The summed E-state index contributed by atoms with van der Waals surface area (Å²) in [6.45, 7) is 11.1. The molecule has 1 aromatic heterocycles. The van der Waals surface area contributed by atoms with E-state index in [1.807, 2.05) is 44.1 Å². The van der Waals surface area contributed by atoms with Crippen LogP contribution < -0.4 is 5.32 Å². The molecule has 0 radical (unpaired) electrons. The number of aryl methyl sites for hydroxylation is 1. The first kappa shape index (κ1) is 17.7. The van der Waals surface area contributed by atoms with Crippen molar-refractivity contribution < 1.29 is 9.53 Å². The van der Waals surface area contributed by atoms with Crippen molar-refractivity contribution in [3.05, 3.63) is 29.6 Å². The minimum absolute atomic E-state index is 0.190. The molecule has 1 amide bonds. The summed E-state index contributed by atoms with van der Waals surface area (Å²) in [6, 6.07) is 2.03. The molecule has 2 rings (SSSR count). The number of likely N-dealkylation sites (tertiary alicyclic amines) is 1. The number of carbonyl (C=O) groups is 1. The Labute approximate surface area is 139 Å². The van der Waals surface area contributed by atoms with Crippen molar-refractivity contribution in [3.63, 3.8) is 0 Å². The molecule has 0 spiro atoms. The van der Waals surface area contributed by atoms with E-state index in [-0.39, 0.29) is 6.09 Å². The first-order valence-electron chi connectivity index (χ1n) is 8.43. The minimum atomic E-state index is -0.430. The van der Waals surface area contributed by atoms with Crippen LogP contribution in [0, 0.1) is 12.8 Å². The zero-order valence-corrected chi connectivity index (χ0v) is 14.8. The van der Waals surface area contributed by atoms with Gasteiger partial charge in [0.15, 0.2) is 0 Å². The first-order chi connectivity index (χ1) is 10.8. The van der Waals surface area contributed by atoms with Gasteiger partial charge in [-0.05, 0) is 70.2 Å². The third-order valence-corrected chi connectivity index (χ3v) is 4.07. The topological polar surface area (TPSA) is 54.5 Å². The summed E-state index contributed by atoms with van der Waals surface area (Å²) in [4.78, 5) is 18.2. The van der Waals surface area contributed by atoms with Gasteiger partial charge in [0.05, 0.1) is 0 Å². The van der Waals surface area contributed by atoms with Gasteiger partial charge in [-0.3, -0.25) is 4.98 Å². The summed E-state index contributed by atoms with van der Waals surface area (Å²) in [5.41, 5.74) is 2.05. The summed E-state index contributed by atoms with van der Waals surface area (Å²) in [5.74, 6) is 0.480. The number of hydrogen-bond acceptors (Lipinski definition) is 4. The van der Waals surface area contributed by atoms with E-state index in [2.05, 4.69) is 17.2 Å². The molecule has 1 N–H and O–H groups in total. The van der Waals surface area contributed by atoms with Gasteiger partial charge in [0.1, 0.15) is 5.60 Å². The van der Waals surface area contributed by atoms with Crippen molar-refractivity contribution in [1.29, 1.82) is 0 Å². The van der Waals surface area contributed by atoms with E-state index in [1.54, 1.807) is 0 Å². The Morgan fingerprint density at radius 1 is 1.48 bits per heavy atom. The predicted molar refractivity (Wildman–Crippen MR) is 91.2 cm³/mol. The van der Waals surface area contributed by atoms with E-state index in [0.717, 1.165) is 39.0 Å². The molecule has 0 saturated carbocycles. The molecule has 1 atom stereocenters. The van der Waals surface area contributed by atoms with Crippen LogP contribution in [-0.4, -0.2) is 41.2 Å². The van der Waals surface area contributed by atoms with Gasteiger partial charge in [0.25, 0.3) is 0 Å². The molecule has 1 unspecified atom stereocenters. The number of aromatic nitrogens is 1. The number of hydrogen-bond donors (Lipinski definition) is 1. The average molecular weight is 319 g/mol. The minimum Gasteiger partial charge on any atom is -0.444 e. The number of nitrogens with one attached hydrogen (secondary N) is 1. The number of rotatable bonds is 4. The summed E-state index contributed by atoms with van der Waals surface area (Å²) in [5, 5.41) is 3.50. The highest BCUT2D eigenvalue weighted by molar-refractivity contribution is 5.68. The van der Waals surface area contributed by atoms with Crippen molar-refractivity contribution in [2.75, 3.05) is 19.6 Å². The summed E-state index contributed by atoms with van der Waals surface area (Å²) < 4.78 is 5.47. The molecular weight excluding hydrogens is 290 g/mol. The summed E-state index contributed by atoms with van der Waals surface area (Å²) in [6.07, 6.45) is 5.73. The Morgan fingerprint density at radius 2 is 2.26 bits per heavy atom. The SMILES string of the molecule is Cc1ccncc1CNCC1CCCN(C(=O)OC(C)(C)C)C1. The average Bonchev–Trinajstić information content (AvgIpc) is 2.48. The van der Waals surface area contributed by atoms with Crippen molar-refractivity contribution in [2.45, 2.75) is 52.7 Å². The van der Waals surface area contributed by atoms with Gasteiger partial charge in [-0.1, -0.05) is 0 Å². The molecule has 128 valence electrons. The Hall–Kier alpha value is -1.62. The van der Waals surface area contributed by atoms with Gasteiger partial charge >= 0.3 is 6.09 Å². The lowest BCUT2D eigenvalue weighted by Crippen LogP contribution is -2.45. The number of amides is 1. The molecular formula is C18H29N3O2. The molecule has 2 heterocycles. The van der Waals surface area contributed by atoms with Gasteiger partial charge in [0, 0.05) is 32.0 Å². The summed E-state index contributed by atoms with van der Waals surface area (Å²) in [7, 11) is 0. The van der Waals surface area contributed by atoms with Crippen LogP contribution in [0.2, 0.25) is 0 Å². The van der Waals surface area contributed by atoms with E-state index in [0.29, 0.717) is 5.92 Å². The Bertz CT molecular complexity index is 525. The number of piperidine rings is 1. The van der Waals surface area contributed by atoms with Gasteiger partial charge in [-0.2, -0.15) is 0 Å². The molecule has 1 aromatic rings. The van der Waals surface area contributed by atoms with Gasteiger partial charge in [-0.25, -0.2) is 4.79 Å². The summed E-state index contributed by atoms with van der Waals surface area (Å²) >= 11 is 0. The Kier molecular flexibility index (Phi) is 5.99. The highest BCUT2D eigenvalue weighted by Crippen LogP contribution is 2.19. The van der Waals surface area contributed by atoms with Crippen LogP contribution in [-0.2, 0) is 11.3 Å². The molecule has 1 aliphatic heterocycles. The second-order valence-electron chi connectivity index (χ2n) is 7.37. The molecule has 0 aliphatic carbocycles.